The zero-order valence-electron chi connectivity index (χ0n) is 14.1. The van der Waals surface area contributed by atoms with Gasteiger partial charge in [0.2, 0.25) is 0 Å². The molecule has 1 unspecified atom stereocenters. The molecule has 0 aliphatic heterocycles. The molecule has 3 nitrogen and oxygen atoms in total. The molecule has 0 N–H and O–H groups in total. The molecule has 4 heteroatoms. The second-order valence-electron chi connectivity index (χ2n) is 6.84. The van der Waals surface area contributed by atoms with E-state index in [1.54, 1.807) is 7.11 Å². The zero-order chi connectivity index (χ0) is 17.1. The van der Waals surface area contributed by atoms with Gasteiger partial charge in [-0.3, -0.25) is 4.79 Å². The maximum absolute atomic E-state index is 12.2. The summed E-state index contributed by atoms with van der Waals surface area (Å²) in [6.45, 7) is 6.47. The Morgan fingerprint density at radius 3 is 2.43 bits per heavy atom. The average Bonchev–Trinajstić information content (AvgIpc) is 2.49. The van der Waals surface area contributed by atoms with Crippen LogP contribution in [0.3, 0.4) is 0 Å². The van der Waals surface area contributed by atoms with E-state index in [1.165, 1.54) is 0 Å². The molecule has 2 rings (SSSR count). The zero-order valence-corrected chi connectivity index (χ0v) is 16.2. The fraction of sp³-hybridized carbons (Fsp3) is 0.421. The summed E-state index contributed by atoms with van der Waals surface area (Å²) < 4.78 is 11.1. The van der Waals surface area contributed by atoms with Crippen molar-refractivity contribution >= 4 is 34.5 Å². The topological polar surface area (TPSA) is 35.5 Å². The van der Waals surface area contributed by atoms with Gasteiger partial charge in [-0.15, -0.1) is 0 Å². The summed E-state index contributed by atoms with van der Waals surface area (Å²) >= 11 is 2.15. The molecule has 1 aliphatic carbocycles. The second kappa shape index (κ2) is 7.18. The minimum absolute atomic E-state index is 0.112. The number of carbonyl (C=O) groups is 1. The standard InChI is InChI=1S/C19H23IO3/c1-18(2)12-19(3,11-16(20)17(18)21)10-9-14-5-7-15(8-6-14)23-13-22-4/h5-11H,12-13H2,1-4H3/b10-9+. The monoisotopic (exact) mass is 426 g/mol. The number of rotatable bonds is 5. The van der Waals surface area contributed by atoms with Crippen molar-refractivity contribution in [2.45, 2.75) is 27.2 Å². The van der Waals surface area contributed by atoms with Gasteiger partial charge in [-0.05, 0) is 46.7 Å². The summed E-state index contributed by atoms with van der Waals surface area (Å²) in [5, 5.41) is 0. The highest BCUT2D eigenvalue weighted by Crippen LogP contribution is 2.45. The van der Waals surface area contributed by atoms with Crippen LogP contribution < -0.4 is 4.74 Å². The van der Waals surface area contributed by atoms with Gasteiger partial charge >= 0.3 is 0 Å². The van der Waals surface area contributed by atoms with E-state index in [0.717, 1.165) is 21.3 Å². The number of benzene rings is 1. The summed E-state index contributed by atoms with van der Waals surface area (Å²) in [4.78, 5) is 12.2. The van der Waals surface area contributed by atoms with E-state index in [4.69, 9.17) is 9.47 Å². The van der Waals surface area contributed by atoms with E-state index in [9.17, 15) is 4.79 Å². The Labute approximate surface area is 151 Å². The van der Waals surface area contributed by atoms with Gasteiger partial charge in [0, 0.05) is 17.9 Å². The van der Waals surface area contributed by atoms with Gasteiger partial charge in [0.25, 0.3) is 0 Å². The first kappa shape index (κ1) is 18.2. The summed E-state index contributed by atoms with van der Waals surface area (Å²) in [6, 6.07) is 7.88. The first-order valence-corrected chi connectivity index (χ1v) is 8.68. The average molecular weight is 426 g/mol. The predicted molar refractivity (Wildman–Crippen MR) is 102 cm³/mol. The van der Waals surface area contributed by atoms with Crippen LogP contribution in [0, 0.1) is 10.8 Å². The fourth-order valence-corrected chi connectivity index (χ4v) is 4.40. The lowest BCUT2D eigenvalue weighted by Crippen LogP contribution is -2.35. The molecule has 0 bridgehead atoms. The van der Waals surface area contributed by atoms with Crippen molar-refractivity contribution < 1.29 is 14.3 Å². The lowest BCUT2D eigenvalue weighted by atomic mass is 9.67. The van der Waals surface area contributed by atoms with Gasteiger partial charge in [0.15, 0.2) is 12.6 Å². The van der Waals surface area contributed by atoms with E-state index < -0.39 is 0 Å². The fourth-order valence-electron chi connectivity index (χ4n) is 2.96. The number of allylic oxidation sites excluding steroid dienone is 3. The predicted octanol–water partition coefficient (Wildman–Crippen LogP) is 5.01. The van der Waals surface area contributed by atoms with Crippen LogP contribution in [0.2, 0.25) is 0 Å². The van der Waals surface area contributed by atoms with E-state index in [1.807, 2.05) is 38.1 Å². The van der Waals surface area contributed by atoms with Crippen LogP contribution in [-0.4, -0.2) is 19.7 Å². The second-order valence-corrected chi connectivity index (χ2v) is 8.00. The molecule has 124 valence electrons. The van der Waals surface area contributed by atoms with Gasteiger partial charge in [0.05, 0.1) is 3.58 Å². The summed E-state index contributed by atoms with van der Waals surface area (Å²) in [7, 11) is 1.60. The molecule has 0 aromatic heterocycles. The van der Waals surface area contributed by atoms with Crippen LogP contribution in [-0.2, 0) is 9.53 Å². The van der Waals surface area contributed by atoms with Gasteiger partial charge < -0.3 is 9.47 Å². The Hall–Kier alpha value is -1.14. The third kappa shape index (κ3) is 4.67. The van der Waals surface area contributed by atoms with Crippen LogP contribution in [0.5, 0.6) is 5.75 Å². The Kier molecular flexibility index (Phi) is 5.68. The molecule has 0 spiro atoms. The van der Waals surface area contributed by atoms with Gasteiger partial charge in [-0.25, -0.2) is 0 Å². The molecule has 1 aliphatic rings. The minimum atomic E-state index is -0.317. The van der Waals surface area contributed by atoms with E-state index in [0.29, 0.717) is 0 Å². The summed E-state index contributed by atoms with van der Waals surface area (Å²) in [5.41, 5.74) is 0.676. The number of halogens is 1. The van der Waals surface area contributed by atoms with Crippen LogP contribution in [0.15, 0.2) is 40.0 Å². The van der Waals surface area contributed by atoms with Crippen molar-refractivity contribution in [1.82, 2.24) is 0 Å². The molecule has 1 aromatic carbocycles. The summed E-state index contributed by atoms with van der Waals surface area (Å²) in [6.07, 6.45) is 7.18. The third-order valence-electron chi connectivity index (χ3n) is 3.99. The largest absolute Gasteiger partial charge is 0.468 e. The van der Waals surface area contributed by atoms with Gasteiger partial charge in [-0.2, -0.15) is 0 Å². The molecule has 1 aromatic rings. The molecule has 23 heavy (non-hydrogen) atoms. The molecule has 0 fully saturated rings. The molecule has 0 saturated carbocycles. The third-order valence-corrected chi connectivity index (χ3v) is 4.79. The van der Waals surface area contributed by atoms with Crippen molar-refractivity contribution in [2.24, 2.45) is 10.8 Å². The lowest BCUT2D eigenvalue weighted by molar-refractivity contribution is -0.124. The maximum Gasteiger partial charge on any atom is 0.188 e. The molecular weight excluding hydrogens is 403 g/mol. The molecule has 1 atom stereocenters. The Morgan fingerprint density at radius 1 is 1.22 bits per heavy atom. The molecule has 0 radical (unpaired) electrons. The Bertz CT molecular complexity index is 629. The number of ketones is 1. The van der Waals surface area contributed by atoms with Crippen molar-refractivity contribution in [3.8, 4) is 5.75 Å². The molecule has 0 heterocycles. The van der Waals surface area contributed by atoms with E-state index in [2.05, 4.69) is 47.7 Å². The van der Waals surface area contributed by atoms with Crippen LogP contribution >= 0.6 is 22.6 Å². The quantitative estimate of drug-likeness (QED) is 0.491. The normalized spacial score (nSPS) is 23.9. The smallest absolute Gasteiger partial charge is 0.188 e. The Balaban J connectivity index is 2.14. The molecule has 0 amide bonds. The Morgan fingerprint density at radius 2 is 1.87 bits per heavy atom. The number of Topliss-reactive ketones (excluding diaryl/α,β-unsaturated/α-hetero) is 1. The minimum Gasteiger partial charge on any atom is -0.468 e. The van der Waals surface area contributed by atoms with Crippen LogP contribution in [0.25, 0.3) is 6.08 Å². The number of ether oxygens (including phenoxy) is 2. The number of carbonyl (C=O) groups excluding carboxylic acids is 1. The highest BCUT2D eigenvalue weighted by atomic mass is 127. The first-order chi connectivity index (χ1) is 10.8. The SMILES string of the molecule is COCOc1ccc(/C=C/C2(C)C=C(I)C(=O)C(C)(C)C2)cc1. The number of hydrogen-bond donors (Lipinski definition) is 0. The van der Waals surface area contributed by atoms with Crippen LogP contribution in [0.4, 0.5) is 0 Å². The molecule has 0 saturated heterocycles. The van der Waals surface area contributed by atoms with E-state index >= 15 is 0 Å². The van der Waals surface area contributed by atoms with Crippen LogP contribution in [0.1, 0.15) is 32.8 Å². The highest BCUT2D eigenvalue weighted by Gasteiger charge is 2.40. The van der Waals surface area contributed by atoms with Gasteiger partial charge in [-0.1, -0.05) is 51.1 Å². The van der Waals surface area contributed by atoms with Crippen molar-refractivity contribution in [3.05, 3.63) is 45.6 Å². The maximum atomic E-state index is 12.2. The van der Waals surface area contributed by atoms with Crippen molar-refractivity contribution in [2.75, 3.05) is 13.9 Å². The van der Waals surface area contributed by atoms with Crippen molar-refractivity contribution in [3.63, 3.8) is 0 Å². The van der Waals surface area contributed by atoms with E-state index in [-0.39, 0.29) is 23.4 Å². The summed E-state index contributed by atoms with van der Waals surface area (Å²) in [5.74, 6) is 1.03. The number of hydrogen-bond acceptors (Lipinski definition) is 3. The first-order valence-electron chi connectivity index (χ1n) is 7.60. The lowest BCUT2D eigenvalue weighted by Gasteiger charge is -2.37. The molecular formula is C19H23IO3. The highest BCUT2D eigenvalue weighted by molar-refractivity contribution is 14.1. The van der Waals surface area contributed by atoms with Gasteiger partial charge in [0.1, 0.15) is 5.75 Å². The number of methoxy groups -OCH3 is 1. The van der Waals surface area contributed by atoms with Crippen molar-refractivity contribution in [1.29, 1.82) is 0 Å².